The lowest BCUT2D eigenvalue weighted by Crippen LogP contribution is -2.07. The highest BCUT2D eigenvalue weighted by Gasteiger charge is 2.40. The molecule has 1 saturated carbocycles. The number of ether oxygens (including phenoxy) is 1. The van der Waals surface area contributed by atoms with Crippen molar-refractivity contribution in [1.82, 2.24) is 0 Å². The van der Waals surface area contributed by atoms with Gasteiger partial charge in [0, 0.05) is 18.5 Å². The van der Waals surface area contributed by atoms with Crippen LogP contribution in [0.15, 0.2) is 0 Å². The largest absolute Gasteiger partial charge is 0.381 e. The Bertz CT molecular complexity index is 121. The average Bonchev–Trinajstić information content (AvgIpc) is 2.85. The summed E-state index contributed by atoms with van der Waals surface area (Å²) < 4.78 is 5.53. The lowest BCUT2D eigenvalue weighted by Gasteiger charge is -2.10. The van der Waals surface area contributed by atoms with Crippen molar-refractivity contribution in [3.63, 3.8) is 0 Å². The lowest BCUT2D eigenvalue weighted by molar-refractivity contribution is 0.117. The Kier molecular flexibility index (Phi) is 4.59. The van der Waals surface area contributed by atoms with E-state index in [2.05, 4.69) is 22.9 Å². The molecule has 1 nitrogen and oxygen atoms in total. The van der Waals surface area contributed by atoms with Gasteiger partial charge in [0.15, 0.2) is 0 Å². The van der Waals surface area contributed by atoms with Gasteiger partial charge in [-0.25, -0.2) is 0 Å². The van der Waals surface area contributed by atoms with Crippen LogP contribution in [0.25, 0.3) is 0 Å². The average molecular weight is 235 g/mol. The van der Waals surface area contributed by atoms with Crippen molar-refractivity contribution in [2.45, 2.75) is 39.0 Å². The van der Waals surface area contributed by atoms with E-state index in [-0.39, 0.29) is 0 Å². The van der Waals surface area contributed by atoms with Crippen molar-refractivity contribution >= 4 is 15.9 Å². The van der Waals surface area contributed by atoms with E-state index in [9.17, 15) is 0 Å². The molecule has 0 aromatic heterocycles. The Labute approximate surface area is 84.0 Å². The highest BCUT2D eigenvalue weighted by atomic mass is 79.9. The van der Waals surface area contributed by atoms with E-state index in [1.54, 1.807) is 0 Å². The second kappa shape index (κ2) is 5.23. The molecular formula is C10H19BrO. The quantitative estimate of drug-likeness (QED) is 0.485. The number of alkyl halides is 1. The van der Waals surface area contributed by atoms with Crippen molar-refractivity contribution < 1.29 is 4.74 Å². The molecule has 1 rings (SSSR count). The van der Waals surface area contributed by atoms with Gasteiger partial charge in [-0.15, -0.1) is 0 Å². The fourth-order valence-electron chi connectivity index (χ4n) is 1.26. The molecule has 12 heavy (non-hydrogen) atoms. The highest BCUT2D eigenvalue weighted by molar-refractivity contribution is 9.09. The van der Waals surface area contributed by atoms with E-state index in [1.807, 2.05) is 0 Å². The summed E-state index contributed by atoms with van der Waals surface area (Å²) in [6, 6.07) is 0. The first-order chi connectivity index (χ1) is 5.83. The maximum atomic E-state index is 5.53. The van der Waals surface area contributed by atoms with Crippen LogP contribution in [0.5, 0.6) is 0 Å². The summed E-state index contributed by atoms with van der Waals surface area (Å²) >= 11 is 3.56. The van der Waals surface area contributed by atoms with Gasteiger partial charge in [0.2, 0.25) is 0 Å². The van der Waals surface area contributed by atoms with E-state index in [1.165, 1.54) is 32.1 Å². The third-order valence-corrected chi connectivity index (χ3v) is 3.85. The molecule has 0 N–H and O–H groups in total. The topological polar surface area (TPSA) is 9.23 Å². The summed E-state index contributed by atoms with van der Waals surface area (Å²) in [5.74, 6) is 0. The zero-order valence-corrected chi connectivity index (χ0v) is 9.53. The molecule has 0 saturated heterocycles. The van der Waals surface area contributed by atoms with Crippen LogP contribution in [0.2, 0.25) is 0 Å². The Balaban J connectivity index is 1.89. The molecule has 0 amide bonds. The molecule has 0 bridgehead atoms. The zero-order chi connectivity index (χ0) is 8.86. The summed E-state index contributed by atoms with van der Waals surface area (Å²) in [4.78, 5) is 0. The molecule has 0 heterocycles. The normalized spacial score (nSPS) is 19.5. The van der Waals surface area contributed by atoms with Gasteiger partial charge in [-0.05, 0) is 31.1 Å². The van der Waals surface area contributed by atoms with Crippen molar-refractivity contribution in [3.05, 3.63) is 0 Å². The summed E-state index contributed by atoms with van der Waals surface area (Å²) in [6.45, 7) is 4.12. The predicted molar refractivity (Wildman–Crippen MR) is 55.8 cm³/mol. The van der Waals surface area contributed by atoms with Gasteiger partial charge < -0.3 is 4.74 Å². The molecule has 0 atom stereocenters. The van der Waals surface area contributed by atoms with Gasteiger partial charge >= 0.3 is 0 Å². The Morgan fingerprint density at radius 1 is 1.33 bits per heavy atom. The summed E-state index contributed by atoms with van der Waals surface area (Å²) in [7, 11) is 0. The summed E-state index contributed by atoms with van der Waals surface area (Å²) in [5, 5.41) is 1.16. The molecule has 0 radical (unpaired) electrons. The van der Waals surface area contributed by atoms with Crippen LogP contribution in [-0.2, 0) is 4.74 Å². The molecule has 0 aliphatic heterocycles. The zero-order valence-electron chi connectivity index (χ0n) is 7.94. The van der Waals surface area contributed by atoms with E-state index in [0.717, 1.165) is 18.5 Å². The summed E-state index contributed by atoms with van der Waals surface area (Å²) in [5.41, 5.74) is 0.631. The number of halogens is 1. The van der Waals surface area contributed by atoms with Crippen LogP contribution in [0.3, 0.4) is 0 Å². The fourth-order valence-corrected chi connectivity index (χ4v) is 2.11. The van der Waals surface area contributed by atoms with Gasteiger partial charge in [0.25, 0.3) is 0 Å². The molecular weight excluding hydrogens is 216 g/mol. The van der Waals surface area contributed by atoms with Crippen LogP contribution in [0.4, 0.5) is 0 Å². The van der Waals surface area contributed by atoms with Crippen LogP contribution < -0.4 is 0 Å². The minimum Gasteiger partial charge on any atom is -0.381 e. The molecule has 1 aliphatic rings. The van der Waals surface area contributed by atoms with Crippen LogP contribution in [-0.4, -0.2) is 18.5 Å². The fraction of sp³-hybridized carbons (Fsp3) is 1.00. The first kappa shape index (κ1) is 10.5. The second-order valence-corrected chi connectivity index (χ2v) is 4.41. The smallest absolute Gasteiger partial charge is 0.0471 e. The van der Waals surface area contributed by atoms with Gasteiger partial charge in [0.05, 0.1) is 0 Å². The molecule has 1 fully saturated rings. The van der Waals surface area contributed by atoms with E-state index in [4.69, 9.17) is 4.74 Å². The van der Waals surface area contributed by atoms with E-state index < -0.39 is 0 Å². The predicted octanol–water partition coefficient (Wildman–Crippen LogP) is 3.37. The van der Waals surface area contributed by atoms with Gasteiger partial charge in [-0.1, -0.05) is 29.3 Å². The standard InChI is InChI=1S/C10H19BrO/c1-2-3-7-12-8-6-10(9-11)4-5-10/h2-9H2,1H3. The maximum Gasteiger partial charge on any atom is 0.0471 e. The number of hydrogen-bond donors (Lipinski definition) is 0. The molecule has 0 aromatic carbocycles. The lowest BCUT2D eigenvalue weighted by atomic mass is 10.1. The second-order valence-electron chi connectivity index (χ2n) is 3.85. The van der Waals surface area contributed by atoms with Crippen molar-refractivity contribution in [3.8, 4) is 0 Å². The Morgan fingerprint density at radius 2 is 2.08 bits per heavy atom. The number of unbranched alkanes of at least 4 members (excludes halogenated alkanes) is 1. The first-order valence-electron chi connectivity index (χ1n) is 4.97. The molecule has 0 unspecified atom stereocenters. The molecule has 72 valence electrons. The minimum absolute atomic E-state index is 0.631. The van der Waals surface area contributed by atoms with Gasteiger partial charge in [0.1, 0.15) is 0 Å². The summed E-state index contributed by atoms with van der Waals surface area (Å²) in [6.07, 6.45) is 6.50. The van der Waals surface area contributed by atoms with Crippen LogP contribution >= 0.6 is 15.9 Å². The third kappa shape index (κ3) is 3.44. The molecule has 1 aliphatic carbocycles. The molecule has 0 spiro atoms. The van der Waals surface area contributed by atoms with Gasteiger partial charge in [-0.3, -0.25) is 0 Å². The van der Waals surface area contributed by atoms with Crippen molar-refractivity contribution in [1.29, 1.82) is 0 Å². The minimum atomic E-state index is 0.631. The SMILES string of the molecule is CCCCOCCC1(CBr)CC1. The van der Waals surface area contributed by atoms with E-state index >= 15 is 0 Å². The molecule has 2 heteroatoms. The maximum absolute atomic E-state index is 5.53. The number of rotatable bonds is 7. The monoisotopic (exact) mass is 234 g/mol. The van der Waals surface area contributed by atoms with Crippen molar-refractivity contribution in [2.24, 2.45) is 5.41 Å². The van der Waals surface area contributed by atoms with Gasteiger partial charge in [-0.2, -0.15) is 0 Å². The first-order valence-corrected chi connectivity index (χ1v) is 6.09. The molecule has 0 aromatic rings. The Morgan fingerprint density at radius 3 is 2.58 bits per heavy atom. The Hall–Kier alpha value is 0.440. The van der Waals surface area contributed by atoms with E-state index in [0.29, 0.717) is 5.41 Å². The van der Waals surface area contributed by atoms with Crippen molar-refractivity contribution in [2.75, 3.05) is 18.5 Å². The third-order valence-electron chi connectivity index (χ3n) is 2.66. The highest BCUT2D eigenvalue weighted by Crippen LogP contribution is 2.49. The number of hydrogen-bond acceptors (Lipinski definition) is 1. The van der Waals surface area contributed by atoms with Crippen LogP contribution in [0, 0.1) is 5.41 Å². The van der Waals surface area contributed by atoms with Crippen LogP contribution in [0.1, 0.15) is 39.0 Å².